The first-order chi connectivity index (χ1) is 11.5. The van der Waals surface area contributed by atoms with Crippen molar-refractivity contribution in [1.82, 2.24) is 14.5 Å². The van der Waals surface area contributed by atoms with Gasteiger partial charge in [0, 0.05) is 12.2 Å². The molecule has 0 aliphatic rings. The van der Waals surface area contributed by atoms with E-state index < -0.39 is 10.0 Å². The summed E-state index contributed by atoms with van der Waals surface area (Å²) < 4.78 is 34.8. The third kappa shape index (κ3) is 3.42. The molecule has 7 heteroatoms. The van der Waals surface area contributed by atoms with Crippen molar-refractivity contribution in [1.29, 1.82) is 0 Å². The Morgan fingerprint density at radius 2 is 1.92 bits per heavy atom. The molecule has 0 aliphatic heterocycles. The summed E-state index contributed by atoms with van der Waals surface area (Å²) in [4.78, 5) is 0.233. The lowest BCUT2D eigenvalue weighted by Crippen LogP contribution is -2.32. The molecule has 3 rings (SSSR count). The molecule has 0 saturated carbocycles. The van der Waals surface area contributed by atoms with Crippen molar-refractivity contribution in [2.45, 2.75) is 24.8 Å². The van der Waals surface area contributed by atoms with Gasteiger partial charge in [-0.3, -0.25) is 4.68 Å². The molecule has 0 aliphatic carbocycles. The van der Waals surface area contributed by atoms with Crippen LogP contribution in [0.4, 0.5) is 0 Å². The molecule has 0 amide bonds. The highest BCUT2D eigenvalue weighted by Crippen LogP contribution is 2.21. The molecule has 2 aromatic heterocycles. The fourth-order valence-electron chi connectivity index (χ4n) is 2.62. The first kappa shape index (κ1) is 16.5. The van der Waals surface area contributed by atoms with Crippen LogP contribution in [0, 0.1) is 13.8 Å². The summed E-state index contributed by atoms with van der Waals surface area (Å²) in [5.41, 5.74) is 1.81. The van der Waals surface area contributed by atoms with E-state index in [0.717, 1.165) is 11.4 Å². The van der Waals surface area contributed by atoms with Crippen molar-refractivity contribution in [3.63, 3.8) is 0 Å². The van der Waals surface area contributed by atoms with Gasteiger partial charge in [0.25, 0.3) is 0 Å². The fourth-order valence-corrected chi connectivity index (χ4v) is 3.68. The molecule has 24 heavy (non-hydrogen) atoms. The molecule has 126 valence electrons. The molecule has 1 atom stereocenters. The van der Waals surface area contributed by atoms with Crippen LogP contribution in [0.5, 0.6) is 0 Å². The number of hydrogen-bond acceptors (Lipinski definition) is 4. The zero-order chi connectivity index (χ0) is 17.2. The Hall–Kier alpha value is -2.38. The molecule has 2 heterocycles. The Labute approximate surface area is 141 Å². The Kier molecular flexibility index (Phi) is 4.55. The van der Waals surface area contributed by atoms with E-state index in [-0.39, 0.29) is 17.5 Å². The van der Waals surface area contributed by atoms with Crippen molar-refractivity contribution >= 4 is 10.0 Å². The summed E-state index contributed by atoms with van der Waals surface area (Å²) in [6, 6.07) is 13.5. The SMILES string of the molecule is Cc1cc(C)n(C(CNS(=O)(=O)c2ccccc2)c2ccco2)n1. The Morgan fingerprint density at radius 3 is 2.50 bits per heavy atom. The zero-order valence-corrected chi connectivity index (χ0v) is 14.3. The maximum atomic E-state index is 12.5. The van der Waals surface area contributed by atoms with Crippen molar-refractivity contribution < 1.29 is 12.8 Å². The lowest BCUT2D eigenvalue weighted by atomic mass is 10.2. The smallest absolute Gasteiger partial charge is 0.240 e. The van der Waals surface area contributed by atoms with E-state index in [1.165, 1.54) is 0 Å². The highest BCUT2D eigenvalue weighted by molar-refractivity contribution is 7.89. The van der Waals surface area contributed by atoms with Gasteiger partial charge in [0.15, 0.2) is 0 Å². The molecule has 0 radical (unpaired) electrons. The van der Waals surface area contributed by atoms with Crippen LogP contribution >= 0.6 is 0 Å². The minimum Gasteiger partial charge on any atom is -0.467 e. The van der Waals surface area contributed by atoms with E-state index in [1.54, 1.807) is 47.3 Å². The van der Waals surface area contributed by atoms with Crippen molar-refractivity contribution in [2.75, 3.05) is 6.54 Å². The summed E-state index contributed by atoms with van der Waals surface area (Å²) in [7, 11) is -3.59. The van der Waals surface area contributed by atoms with E-state index in [2.05, 4.69) is 9.82 Å². The zero-order valence-electron chi connectivity index (χ0n) is 13.5. The lowest BCUT2D eigenvalue weighted by Gasteiger charge is -2.18. The van der Waals surface area contributed by atoms with Crippen LogP contribution in [0.2, 0.25) is 0 Å². The lowest BCUT2D eigenvalue weighted by molar-refractivity contribution is 0.397. The summed E-state index contributed by atoms with van der Waals surface area (Å²) in [5.74, 6) is 0.650. The van der Waals surface area contributed by atoms with Gasteiger partial charge in [-0.2, -0.15) is 5.10 Å². The third-order valence-electron chi connectivity index (χ3n) is 3.73. The molecule has 1 aromatic carbocycles. The van der Waals surface area contributed by atoms with Gasteiger partial charge in [0.1, 0.15) is 11.8 Å². The van der Waals surface area contributed by atoms with Gasteiger partial charge < -0.3 is 4.42 Å². The predicted molar refractivity (Wildman–Crippen MR) is 90.2 cm³/mol. The van der Waals surface area contributed by atoms with Crippen LogP contribution in [0.25, 0.3) is 0 Å². The van der Waals surface area contributed by atoms with Crippen LogP contribution in [0.3, 0.4) is 0 Å². The van der Waals surface area contributed by atoms with E-state index in [9.17, 15) is 8.42 Å². The summed E-state index contributed by atoms with van der Waals surface area (Å²) in [5, 5.41) is 4.46. The van der Waals surface area contributed by atoms with Crippen molar-refractivity contribution in [2.24, 2.45) is 0 Å². The number of nitrogens with one attached hydrogen (secondary N) is 1. The number of aryl methyl sites for hydroxylation is 2. The number of rotatable bonds is 6. The minimum atomic E-state index is -3.59. The first-order valence-electron chi connectivity index (χ1n) is 7.58. The maximum absolute atomic E-state index is 12.5. The van der Waals surface area contributed by atoms with Crippen LogP contribution in [0.1, 0.15) is 23.2 Å². The van der Waals surface area contributed by atoms with E-state index in [1.807, 2.05) is 26.0 Å². The van der Waals surface area contributed by atoms with Crippen LogP contribution in [0.15, 0.2) is 64.1 Å². The van der Waals surface area contributed by atoms with Gasteiger partial charge in [-0.05, 0) is 44.2 Å². The fraction of sp³-hybridized carbons (Fsp3) is 0.235. The molecule has 1 unspecified atom stereocenters. The number of sulfonamides is 1. The monoisotopic (exact) mass is 345 g/mol. The number of aromatic nitrogens is 2. The summed E-state index contributed by atoms with van der Waals surface area (Å²) >= 11 is 0. The maximum Gasteiger partial charge on any atom is 0.240 e. The Morgan fingerprint density at radius 1 is 1.17 bits per heavy atom. The first-order valence-corrected chi connectivity index (χ1v) is 9.06. The molecule has 0 saturated heterocycles. The quantitative estimate of drug-likeness (QED) is 0.745. The number of furan rings is 1. The Balaban J connectivity index is 1.87. The van der Waals surface area contributed by atoms with Gasteiger partial charge in [-0.1, -0.05) is 18.2 Å². The summed E-state index contributed by atoms with van der Waals surface area (Å²) in [6.07, 6.45) is 1.57. The predicted octanol–water partition coefficient (Wildman–Crippen LogP) is 2.66. The van der Waals surface area contributed by atoms with Crippen LogP contribution < -0.4 is 4.72 Å². The van der Waals surface area contributed by atoms with E-state index in [0.29, 0.717) is 5.76 Å². The number of hydrogen-bond donors (Lipinski definition) is 1. The number of benzene rings is 1. The average Bonchev–Trinajstić information content (AvgIpc) is 3.19. The Bertz CT molecular complexity index is 900. The second-order valence-corrected chi connectivity index (χ2v) is 7.33. The van der Waals surface area contributed by atoms with E-state index in [4.69, 9.17) is 4.42 Å². The molecule has 6 nitrogen and oxygen atoms in total. The van der Waals surface area contributed by atoms with Gasteiger partial charge in [-0.25, -0.2) is 13.1 Å². The largest absolute Gasteiger partial charge is 0.467 e. The number of nitrogens with zero attached hydrogens (tertiary/aromatic N) is 2. The molecule has 0 bridgehead atoms. The van der Waals surface area contributed by atoms with Gasteiger partial charge >= 0.3 is 0 Å². The molecule has 0 fully saturated rings. The molecule has 0 spiro atoms. The minimum absolute atomic E-state index is 0.146. The highest BCUT2D eigenvalue weighted by atomic mass is 32.2. The van der Waals surface area contributed by atoms with Crippen LogP contribution in [-0.2, 0) is 10.0 Å². The second kappa shape index (κ2) is 6.62. The topological polar surface area (TPSA) is 77.1 Å². The van der Waals surface area contributed by atoms with Crippen LogP contribution in [-0.4, -0.2) is 24.7 Å². The molecule has 1 N–H and O–H groups in total. The van der Waals surface area contributed by atoms with Gasteiger partial charge in [-0.15, -0.1) is 0 Å². The normalized spacial score (nSPS) is 13.1. The standard InChI is InChI=1S/C17H19N3O3S/c1-13-11-14(2)20(19-13)16(17-9-6-10-23-17)12-18-24(21,22)15-7-4-3-5-8-15/h3-11,16,18H,12H2,1-2H3. The third-order valence-corrected chi connectivity index (χ3v) is 5.17. The molecular weight excluding hydrogens is 326 g/mol. The van der Waals surface area contributed by atoms with Crippen molar-refractivity contribution in [3.8, 4) is 0 Å². The summed E-state index contributed by atoms with van der Waals surface area (Å²) in [6.45, 7) is 3.98. The molecule has 3 aromatic rings. The molecular formula is C17H19N3O3S. The van der Waals surface area contributed by atoms with E-state index >= 15 is 0 Å². The second-order valence-electron chi connectivity index (χ2n) is 5.57. The van der Waals surface area contributed by atoms with Gasteiger partial charge in [0.2, 0.25) is 10.0 Å². The average molecular weight is 345 g/mol. The van der Waals surface area contributed by atoms with Gasteiger partial charge in [0.05, 0.1) is 16.9 Å². The van der Waals surface area contributed by atoms with Crippen molar-refractivity contribution in [3.05, 3.63) is 71.9 Å². The highest BCUT2D eigenvalue weighted by Gasteiger charge is 2.23.